The second-order valence-electron chi connectivity index (χ2n) is 7.74. The van der Waals surface area contributed by atoms with Crippen molar-refractivity contribution in [2.75, 3.05) is 13.6 Å². The number of amides is 1. The maximum atomic E-state index is 12.7. The van der Waals surface area contributed by atoms with Gasteiger partial charge in [0.1, 0.15) is 17.8 Å². The number of ether oxygens (including phenoxy) is 1. The topological polar surface area (TPSA) is 87.7 Å². The van der Waals surface area contributed by atoms with Gasteiger partial charge in [-0.05, 0) is 45.0 Å². The van der Waals surface area contributed by atoms with Crippen molar-refractivity contribution in [3.63, 3.8) is 0 Å². The molecule has 2 aromatic heterocycles. The average Bonchev–Trinajstić information content (AvgIpc) is 3.09. The molecule has 0 fully saturated rings. The van der Waals surface area contributed by atoms with Crippen LogP contribution in [-0.2, 0) is 9.53 Å². The van der Waals surface area contributed by atoms with Crippen LogP contribution in [0.3, 0.4) is 0 Å². The number of nitrogens with zero attached hydrogens (tertiary/aromatic N) is 4. The zero-order valence-corrected chi connectivity index (χ0v) is 16.8. The summed E-state index contributed by atoms with van der Waals surface area (Å²) >= 11 is 0. The number of pyridine rings is 1. The fourth-order valence-electron chi connectivity index (χ4n) is 2.83. The Bertz CT molecular complexity index is 1100. The molecule has 0 saturated heterocycles. The van der Waals surface area contributed by atoms with E-state index in [-0.39, 0.29) is 12.5 Å². The average molecular weight is 390 g/mol. The third kappa shape index (κ3) is 4.79. The Hall–Kier alpha value is -3.66. The van der Waals surface area contributed by atoms with Crippen molar-refractivity contribution in [2.45, 2.75) is 26.4 Å². The van der Waals surface area contributed by atoms with Gasteiger partial charge in [-0.1, -0.05) is 12.1 Å². The Morgan fingerprint density at radius 2 is 1.90 bits per heavy atom. The summed E-state index contributed by atoms with van der Waals surface area (Å²) in [5.74, 6) is -0.750. The van der Waals surface area contributed by atoms with Crippen molar-refractivity contribution < 1.29 is 14.3 Å². The van der Waals surface area contributed by atoms with E-state index >= 15 is 0 Å². The number of rotatable bonds is 4. The van der Waals surface area contributed by atoms with Crippen LogP contribution in [0.1, 0.15) is 36.7 Å². The monoisotopic (exact) mass is 390 g/mol. The Labute approximate surface area is 169 Å². The molecule has 0 bridgehead atoms. The van der Waals surface area contributed by atoms with E-state index in [0.29, 0.717) is 16.8 Å². The van der Waals surface area contributed by atoms with Gasteiger partial charge < -0.3 is 14.0 Å². The standard InChI is InChI=1S/C22H22N4O3/c1-22(2,3)29-20(27)14-25(4)21(28)17-9-10-26-13-18(24-19(26)11-17)16-7-5-15(12-23)6-8-16/h5-11,13H,14H2,1-4H3. The summed E-state index contributed by atoms with van der Waals surface area (Å²) in [6.07, 6.45) is 3.61. The molecule has 3 rings (SSSR count). The van der Waals surface area contributed by atoms with Crippen LogP contribution in [0.2, 0.25) is 0 Å². The summed E-state index contributed by atoms with van der Waals surface area (Å²) in [6.45, 7) is 5.21. The van der Waals surface area contributed by atoms with E-state index in [9.17, 15) is 9.59 Å². The Balaban J connectivity index is 1.79. The lowest BCUT2D eigenvalue weighted by Crippen LogP contribution is -2.36. The number of carbonyl (C=O) groups excluding carboxylic acids is 2. The highest BCUT2D eigenvalue weighted by Crippen LogP contribution is 2.20. The fraction of sp³-hybridized carbons (Fsp3) is 0.273. The molecular weight excluding hydrogens is 368 g/mol. The van der Waals surface area contributed by atoms with E-state index in [1.54, 1.807) is 58.3 Å². The summed E-state index contributed by atoms with van der Waals surface area (Å²) in [7, 11) is 1.56. The molecule has 7 heteroatoms. The van der Waals surface area contributed by atoms with E-state index in [4.69, 9.17) is 10.00 Å². The van der Waals surface area contributed by atoms with Gasteiger partial charge in [-0.15, -0.1) is 0 Å². The number of nitriles is 1. The molecule has 0 aliphatic heterocycles. The summed E-state index contributed by atoms with van der Waals surface area (Å²) in [6, 6.07) is 12.6. The lowest BCUT2D eigenvalue weighted by molar-refractivity contribution is -0.155. The molecule has 1 aromatic carbocycles. The van der Waals surface area contributed by atoms with E-state index in [1.165, 1.54) is 4.90 Å². The third-order valence-corrected chi connectivity index (χ3v) is 4.15. The van der Waals surface area contributed by atoms with Gasteiger partial charge in [-0.2, -0.15) is 5.26 Å². The molecule has 0 N–H and O–H groups in total. The summed E-state index contributed by atoms with van der Waals surface area (Å²) < 4.78 is 7.08. The lowest BCUT2D eigenvalue weighted by Gasteiger charge is -2.22. The van der Waals surface area contributed by atoms with E-state index < -0.39 is 11.6 Å². The third-order valence-electron chi connectivity index (χ3n) is 4.15. The van der Waals surface area contributed by atoms with Crippen molar-refractivity contribution in [1.29, 1.82) is 5.26 Å². The maximum absolute atomic E-state index is 12.7. The van der Waals surface area contributed by atoms with Crippen LogP contribution in [0.4, 0.5) is 0 Å². The predicted molar refractivity (Wildman–Crippen MR) is 108 cm³/mol. The van der Waals surface area contributed by atoms with Crippen LogP contribution in [0.5, 0.6) is 0 Å². The molecule has 148 valence electrons. The number of esters is 1. The first-order chi connectivity index (χ1) is 13.7. The number of hydrogen-bond donors (Lipinski definition) is 0. The molecule has 0 aliphatic carbocycles. The second kappa shape index (κ2) is 7.76. The molecule has 3 aromatic rings. The van der Waals surface area contributed by atoms with Gasteiger partial charge in [0.05, 0.1) is 17.3 Å². The van der Waals surface area contributed by atoms with Crippen molar-refractivity contribution in [1.82, 2.24) is 14.3 Å². The SMILES string of the molecule is CN(CC(=O)OC(C)(C)C)C(=O)c1ccn2cc(-c3ccc(C#N)cc3)nc2c1. The van der Waals surface area contributed by atoms with E-state index in [0.717, 1.165) is 11.3 Å². The minimum Gasteiger partial charge on any atom is -0.459 e. The van der Waals surface area contributed by atoms with E-state index in [1.807, 2.05) is 22.7 Å². The van der Waals surface area contributed by atoms with Gasteiger partial charge in [0, 0.05) is 30.6 Å². The number of imidazole rings is 1. The fourth-order valence-corrected chi connectivity index (χ4v) is 2.83. The number of likely N-dealkylation sites (N-methyl/N-ethyl adjacent to an activating group) is 1. The highest BCUT2D eigenvalue weighted by atomic mass is 16.6. The zero-order valence-electron chi connectivity index (χ0n) is 16.8. The first kappa shape index (κ1) is 20.1. The smallest absolute Gasteiger partial charge is 0.326 e. The Morgan fingerprint density at radius 1 is 1.21 bits per heavy atom. The molecule has 0 atom stereocenters. The van der Waals surface area contributed by atoms with Crippen molar-refractivity contribution in [3.05, 3.63) is 59.9 Å². The number of hydrogen-bond acceptors (Lipinski definition) is 5. The molecule has 0 radical (unpaired) electrons. The summed E-state index contributed by atoms with van der Waals surface area (Å²) in [5.41, 5.74) is 2.64. The molecule has 29 heavy (non-hydrogen) atoms. The number of carbonyl (C=O) groups is 2. The lowest BCUT2D eigenvalue weighted by atomic mass is 10.1. The summed E-state index contributed by atoms with van der Waals surface area (Å²) in [4.78, 5) is 30.5. The molecule has 1 amide bonds. The molecule has 0 spiro atoms. The van der Waals surface area contributed by atoms with Crippen LogP contribution in [0.25, 0.3) is 16.9 Å². The predicted octanol–water partition coefficient (Wildman–Crippen LogP) is 3.29. The number of benzene rings is 1. The second-order valence-corrected chi connectivity index (χ2v) is 7.74. The van der Waals surface area contributed by atoms with Gasteiger partial charge in [0.15, 0.2) is 0 Å². The minimum atomic E-state index is -0.600. The highest BCUT2D eigenvalue weighted by molar-refractivity contribution is 5.96. The van der Waals surface area contributed by atoms with Gasteiger partial charge in [-0.3, -0.25) is 9.59 Å². The van der Waals surface area contributed by atoms with Crippen LogP contribution >= 0.6 is 0 Å². The normalized spacial score (nSPS) is 11.1. The van der Waals surface area contributed by atoms with Gasteiger partial charge >= 0.3 is 5.97 Å². The molecule has 0 saturated carbocycles. The Kier molecular flexibility index (Phi) is 5.37. The molecular formula is C22H22N4O3. The van der Waals surface area contributed by atoms with Crippen LogP contribution < -0.4 is 0 Å². The minimum absolute atomic E-state index is 0.133. The van der Waals surface area contributed by atoms with Crippen molar-refractivity contribution in [2.24, 2.45) is 0 Å². The van der Waals surface area contributed by atoms with Crippen molar-refractivity contribution >= 4 is 17.5 Å². The quantitative estimate of drug-likeness (QED) is 0.638. The zero-order chi connectivity index (χ0) is 21.2. The molecule has 7 nitrogen and oxygen atoms in total. The first-order valence-electron chi connectivity index (χ1n) is 9.13. The van der Waals surface area contributed by atoms with Crippen LogP contribution in [0.15, 0.2) is 48.8 Å². The van der Waals surface area contributed by atoms with Crippen LogP contribution in [-0.4, -0.2) is 45.4 Å². The largest absolute Gasteiger partial charge is 0.459 e. The number of fused-ring (bicyclic) bond motifs is 1. The Morgan fingerprint density at radius 3 is 2.52 bits per heavy atom. The van der Waals surface area contributed by atoms with E-state index in [2.05, 4.69) is 11.1 Å². The number of aromatic nitrogens is 2. The molecule has 0 unspecified atom stereocenters. The van der Waals surface area contributed by atoms with Gasteiger partial charge in [0.25, 0.3) is 5.91 Å². The molecule has 2 heterocycles. The highest BCUT2D eigenvalue weighted by Gasteiger charge is 2.21. The van der Waals surface area contributed by atoms with Crippen LogP contribution in [0, 0.1) is 11.3 Å². The van der Waals surface area contributed by atoms with Gasteiger partial charge in [-0.25, -0.2) is 4.98 Å². The van der Waals surface area contributed by atoms with Gasteiger partial charge in [0.2, 0.25) is 0 Å². The first-order valence-corrected chi connectivity index (χ1v) is 9.13. The van der Waals surface area contributed by atoms with Crippen molar-refractivity contribution in [3.8, 4) is 17.3 Å². The maximum Gasteiger partial charge on any atom is 0.326 e. The summed E-state index contributed by atoms with van der Waals surface area (Å²) in [5, 5.41) is 8.92. The molecule has 0 aliphatic rings.